The van der Waals surface area contributed by atoms with Crippen molar-refractivity contribution in [2.75, 3.05) is 32.7 Å². The van der Waals surface area contributed by atoms with Crippen LogP contribution in [0.15, 0.2) is 24.4 Å². The van der Waals surface area contributed by atoms with Crippen LogP contribution in [0.25, 0.3) is 0 Å². The van der Waals surface area contributed by atoms with E-state index in [0.29, 0.717) is 0 Å². The molecule has 1 aliphatic heterocycles. The minimum absolute atomic E-state index is 0.0440. The lowest BCUT2D eigenvalue weighted by molar-refractivity contribution is -0.131. The summed E-state index contributed by atoms with van der Waals surface area (Å²) >= 11 is 0. The smallest absolute Gasteiger partial charge is 0.236 e. The topological polar surface area (TPSA) is 62.5 Å². The Hall–Kier alpha value is -1.46. The number of hydrogen-bond acceptors (Lipinski definition) is 4. The molecule has 2 N–H and O–H groups in total. The van der Waals surface area contributed by atoms with Crippen LogP contribution in [0.1, 0.15) is 5.69 Å². The highest BCUT2D eigenvalue weighted by atomic mass is 16.2. The average molecular weight is 234 g/mol. The van der Waals surface area contributed by atoms with Crippen molar-refractivity contribution in [3.63, 3.8) is 0 Å². The van der Waals surface area contributed by atoms with Crippen LogP contribution in [0.3, 0.4) is 0 Å². The quantitative estimate of drug-likeness (QED) is 0.779. The number of amides is 1. The van der Waals surface area contributed by atoms with E-state index in [4.69, 9.17) is 5.73 Å². The van der Waals surface area contributed by atoms with Crippen LogP contribution in [0.4, 0.5) is 0 Å². The van der Waals surface area contributed by atoms with E-state index in [1.807, 2.05) is 29.3 Å². The molecule has 0 spiro atoms. The van der Waals surface area contributed by atoms with Gasteiger partial charge in [-0.15, -0.1) is 0 Å². The summed E-state index contributed by atoms with van der Waals surface area (Å²) in [5.74, 6) is 0.0440. The van der Waals surface area contributed by atoms with Crippen molar-refractivity contribution in [2.24, 2.45) is 5.73 Å². The molecule has 1 amide bonds. The zero-order chi connectivity index (χ0) is 12.1. The third kappa shape index (κ3) is 3.25. The Bertz CT molecular complexity index is 360. The highest BCUT2D eigenvalue weighted by Gasteiger charge is 2.19. The number of hydrogen-bond donors (Lipinski definition) is 1. The number of rotatable bonds is 3. The predicted octanol–water partition coefficient (Wildman–Crippen LogP) is -0.315. The fourth-order valence-electron chi connectivity index (χ4n) is 2.01. The maximum absolute atomic E-state index is 11.4. The summed E-state index contributed by atoms with van der Waals surface area (Å²) in [6.07, 6.45) is 1.81. The fraction of sp³-hybridized carbons (Fsp3) is 0.500. The Morgan fingerprint density at radius 3 is 2.65 bits per heavy atom. The van der Waals surface area contributed by atoms with Crippen LogP contribution in [0.5, 0.6) is 0 Å². The number of carbonyl (C=O) groups excluding carboxylic acids is 1. The van der Waals surface area contributed by atoms with Gasteiger partial charge in [0.2, 0.25) is 5.91 Å². The van der Waals surface area contributed by atoms with E-state index in [9.17, 15) is 4.79 Å². The Morgan fingerprint density at radius 1 is 1.29 bits per heavy atom. The van der Waals surface area contributed by atoms with Gasteiger partial charge in [0.05, 0.1) is 12.2 Å². The van der Waals surface area contributed by atoms with E-state index < -0.39 is 0 Å². The molecule has 2 rings (SSSR count). The molecule has 5 nitrogen and oxygen atoms in total. The highest BCUT2D eigenvalue weighted by molar-refractivity contribution is 5.78. The molecule has 0 atom stereocenters. The molecule has 0 unspecified atom stereocenters. The molecule has 0 aromatic carbocycles. The first-order chi connectivity index (χ1) is 8.29. The Labute approximate surface area is 101 Å². The lowest BCUT2D eigenvalue weighted by Gasteiger charge is -2.34. The number of aromatic nitrogens is 1. The molecule has 1 fully saturated rings. The minimum atomic E-state index is 0.0440. The molecular weight excluding hydrogens is 216 g/mol. The first kappa shape index (κ1) is 12.0. The van der Waals surface area contributed by atoms with Gasteiger partial charge >= 0.3 is 0 Å². The van der Waals surface area contributed by atoms with E-state index in [1.165, 1.54) is 0 Å². The highest BCUT2D eigenvalue weighted by Crippen LogP contribution is 2.06. The molecule has 1 aliphatic rings. The molecule has 1 aromatic rings. The van der Waals surface area contributed by atoms with Crippen molar-refractivity contribution < 1.29 is 4.79 Å². The average Bonchev–Trinajstić information content (AvgIpc) is 2.40. The van der Waals surface area contributed by atoms with Gasteiger partial charge in [0.1, 0.15) is 0 Å². The largest absolute Gasteiger partial charge is 0.339 e. The van der Waals surface area contributed by atoms with Gasteiger partial charge in [0.25, 0.3) is 0 Å². The van der Waals surface area contributed by atoms with Crippen molar-refractivity contribution in [3.05, 3.63) is 30.1 Å². The first-order valence-electron chi connectivity index (χ1n) is 5.89. The predicted molar refractivity (Wildman–Crippen MR) is 65.1 cm³/mol. The van der Waals surface area contributed by atoms with Crippen LogP contribution >= 0.6 is 0 Å². The van der Waals surface area contributed by atoms with Crippen LogP contribution < -0.4 is 5.73 Å². The van der Waals surface area contributed by atoms with Crippen molar-refractivity contribution >= 4 is 5.91 Å². The molecule has 1 saturated heterocycles. The van der Waals surface area contributed by atoms with Gasteiger partial charge in [0.15, 0.2) is 0 Å². The number of piperazine rings is 1. The molecule has 92 valence electrons. The van der Waals surface area contributed by atoms with Gasteiger partial charge in [0, 0.05) is 38.9 Å². The molecule has 0 bridgehead atoms. The van der Waals surface area contributed by atoms with E-state index >= 15 is 0 Å². The summed E-state index contributed by atoms with van der Waals surface area (Å²) in [4.78, 5) is 19.8. The SMILES string of the molecule is NCC(=O)N1CCN(Cc2ccccn2)CC1. The number of pyridine rings is 1. The van der Waals surface area contributed by atoms with Crippen molar-refractivity contribution in [1.29, 1.82) is 0 Å². The zero-order valence-electron chi connectivity index (χ0n) is 9.88. The molecule has 5 heteroatoms. The Kier molecular flexibility index (Phi) is 4.06. The maximum atomic E-state index is 11.4. The minimum Gasteiger partial charge on any atom is -0.339 e. The summed E-state index contributed by atoms with van der Waals surface area (Å²) in [5.41, 5.74) is 6.42. The van der Waals surface area contributed by atoms with E-state index in [0.717, 1.165) is 38.4 Å². The van der Waals surface area contributed by atoms with Crippen molar-refractivity contribution in [1.82, 2.24) is 14.8 Å². The number of nitrogens with zero attached hydrogens (tertiary/aromatic N) is 3. The normalized spacial score (nSPS) is 17.1. The third-order valence-electron chi connectivity index (χ3n) is 3.01. The monoisotopic (exact) mass is 234 g/mol. The van der Waals surface area contributed by atoms with Crippen molar-refractivity contribution in [3.8, 4) is 0 Å². The van der Waals surface area contributed by atoms with Gasteiger partial charge in [-0.25, -0.2) is 0 Å². The van der Waals surface area contributed by atoms with Gasteiger partial charge in [-0.1, -0.05) is 6.07 Å². The molecular formula is C12H18N4O. The Morgan fingerprint density at radius 2 is 2.06 bits per heavy atom. The van der Waals surface area contributed by atoms with Crippen LogP contribution in [-0.4, -0.2) is 53.4 Å². The first-order valence-corrected chi connectivity index (χ1v) is 5.89. The molecule has 1 aromatic heterocycles. The van der Waals surface area contributed by atoms with Gasteiger partial charge in [-0.2, -0.15) is 0 Å². The third-order valence-corrected chi connectivity index (χ3v) is 3.01. The summed E-state index contributed by atoms with van der Waals surface area (Å²) in [5, 5.41) is 0. The summed E-state index contributed by atoms with van der Waals surface area (Å²) in [6.45, 7) is 4.28. The number of nitrogens with two attached hydrogens (primary N) is 1. The second-order valence-electron chi connectivity index (χ2n) is 4.18. The van der Waals surface area contributed by atoms with E-state index in [1.54, 1.807) is 0 Å². The van der Waals surface area contributed by atoms with E-state index in [-0.39, 0.29) is 12.5 Å². The van der Waals surface area contributed by atoms with Crippen molar-refractivity contribution in [2.45, 2.75) is 6.54 Å². The number of carbonyl (C=O) groups is 1. The lowest BCUT2D eigenvalue weighted by Crippen LogP contribution is -2.49. The summed E-state index contributed by atoms with van der Waals surface area (Å²) in [6, 6.07) is 5.94. The van der Waals surface area contributed by atoms with Gasteiger partial charge < -0.3 is 10.6 Å². The van der Waals surface area contributed by atoms with Gasteiger partial charge in [-0.05, 0) is 12.1 Å². The van der Waals surface area contributed by atoms with Gasteiger partial charge in [-0.3, -0.25) is 14.7 Å². The standard InChI is InChI=1S/C12H18N4O/c13-9-12(17)16-7-5-15(6-8-16)10-11-3-1-2-4-14-11/h1-4H,5-10,13H2. The molecule has 2 heterocycles. The van der Waals surface area contributed by atoms with Crippen LogP contribution in [0, 0.1) is 0 Å². The fourth-order valence-corrected chi connectivity index (χ4v) is 2.01. The van der Waals surface area contributed by atoms with Crippen LogP contribution in [0.2, 0.25) is 0 Å². The zero-order valence-corrected chi connectivity index (χ0v) is 9.88. The Balaban J connectivity index is 1.82. The molecule has 0 aliphatic carbocycles. The van der Waals surface area contributed by atoms with Crippen LogP contribution in [-0.2, 0) is 11.3 Å². The second kappa shape index (κ2) is 5.75. The molecule has 17 heavy (non-hydrogen) atoms. The van der Waals surface area contributed by atoms with E-state index in [2.05, 4.69) is 9.88 Å². The maximum Gasteiger partial charge on any atom is 0.236 e. The lowest BCUT2D eigenvalue weighted by atomic mass is 10.2. The molecule has 0 radical (unpaired) electrons. The summed E-state index contributed by atoms with van der Waals surface area (Å²) in [7, 11) is 0. The molecule has 0 saturated carbocycles. The summed E-state index contributed by atoms with van der Waals surface area (Å²) < 4.78 is 0. The second-order valence-corrected chi connectivity index (χ2v) is 4.18.